The summed E-state index contributed by atoms with van der Waals surface area (Å²) in [6.07, 6.45) is 0.415. The van der Waals surface area contributed by atoms with E-state index >= 15 is 0 Å². The van der Waals surface area contributed by atoms with Crippen LogP contribution in [0.4, 0.5) is 0 Å². The molecule has 0 aliphatic heterocycles. The molecule has 0 atom stereocenters. The Labute approximate surface area is 121 Å². The zero-order valence-electron chi connectivity index (χ0n) is 13.0. The fourth-order valence-electron chi connectivity index (χ4n) is 1.99. The molecule has 4 nitrogen and oxygen atoms in total. The molecule has 1 aromatic carbocycles. The third-order valence-corrected chi connectivity index (χ3v) is 3.42. The van der Waals surface area contributed by atoms with E-state index in [-0.39, 0.29) is 11.3 Å². The second-order valence-electron chi connectivity index (χ2n) is 5.80. The lowest BCUT2D eigenvalue weighted by atomic mass is 9.93. The molecule has 0 aromatic heterocycles. The quantitative estimate of drug-likeness (QED) is 0.830. The maximum absolute atomic E-state index is 12.3. The second kappa shape index (κ2) is 7.29. The molecule has 20 heavy (non-hydrogen) atoms. The maximum Gasteiger partial charge on any atom is 0.226 e. The van der Waals surface area contributed by atoms with Crippen LogP contribution in [-0.2, 0) is 11.2 Å². The average Bonchev–Trinajstić information content (AvgIpc) is 2.45. The number of hydrogen-bond donors (Lipinski definition) is 1. The van der Waals surface area contributed by atoms with Gasteiger partial charge in [0, 0.05) is 13.1 Å². The summed E-state index contributed by atoms with van der Waals surface area (Å²) in [5.74, 6) is 0.942. The summed E-state index contributed by atoms with van der Waals surface area (Å²) in [5.41, 5.74) is 6.69. The highest BCUT2D eigenvalue weighted by Crippen LogP contribution is 2.17. The molecule has 0 radical (unpaired) electrons. The largest absolute Gasteiger partial charge is 0.497 e. The van der Waals surface area contributed by atoms with Crippen molar-refractivity contribution in [3.8, 4) is 5.75 Å². The van der Waals surface area contributed by atoms with E-state index in [0.29, 0.717) is 26.1 Å². The molecule has 0 bridgehead atoms. The van der Waals surface area contributed by atoms with E-state index in [9.17, 15) is 4.79 Å². The molecule has 1 aromatic rings. The minimum absolute atomic E-state index is 0.0500. The summed E-state index contributed by atoms with van der Waals surface area (Å²) in [4.78, 5) is 14.2. The van der Waals surface area contributed by atoms with E-state index in [1.165, 1.54) is 0 Å². The number of rotatable bonds is 7. The lowest BCUT2D eigenvalue weighted by molar-refractivity contribution is -0.131. The van der Waals surface area contributed by atoms with Crippen molar-refractivity contribution in [2.24, 2.45) is 11.1 Å². The molecular formula is C16H26N2O2. The number of carbonyl (C=O) groups is 1. The predicted molar refractivity (Wildman–Crippen MR) is 81.8 cm³/mol. The molecule has 2 N–H and O–H groups in total. The van der Waals surface area contributed by atoms with Gasteiger partial charge in [0.1, 0.15) is 5.75 Å². The van der Waals surface area contributed by atoms with Gasteiger partial charge in [-0.2, -0.15) is 0 Å². The Morgan fingerprint density at radius 3 is 2.35 bits per heavy atom. The Morgan fingerprint density at radius 2 is 1.90 bits per heavy atom. The minimum Gasteiger partial charge on any atom is -0.497 e. The normalized spacial score (nSPS) is 11.2. The van der Waals surface area contributed by atoms with Crippen LogP contribution < -0.4 is 10.5 Å². The number of nitrogens with zero attached hydrogens (tertiary/aromatic N) is 1. The van der Waals surface area contributed by atoms with Gasteiger partial charge in [0.2, 0.25) is 5.91 Å². The standard InChI is InChI=1S/C16H26N2O2/c1-5-18(12-16(2,3)11-17)15(19)10-13-6-8-14(20-4)9-7-13/h6-9H,5,10-12,17H2,1-4H3. The summed E-state index contributed by atoms with van der Waals surface area (Å²) in [6, 6.07) is 7.61. The van der Waals surface area contributed by atoms with E-state index in [4.69, 9.17) is 10.5 Å². The first kappa shape index (κ1) is 16.5. The molecular weight excluding hydrogens is 252 g/mol. The van der Waals surface area contributed by atoms with Gasteiger partial charge in [0.05, 0.1) is 13.5 Å². The number of benzene rings is 1. The molecule has 0 saturated carbocycles. The topological polar surface area (TPSA) is 55.6 Å². The summed E-state index contributed by atoms with van der Waals surface area (Å²) in [7, 11) is 1.63. The van der Waals surface area contributed by atoms with Gasteiger partial charge in [0.25, 0.3) is 0 Å². The zero-order valence-corrected chi connectivity index (χ0v) is 13.0. The van der Waals surface area contributed by atoms with Crippen LogP contribution in [0.2, 0.25) is 0 Å². The molecule has 0 saturated heterocycles. The Kier molecular flexibility index (Phi) is 6.02. The highest BCUT2D eigenvalue weighted by atomic mass is 16.5. The van der Waals surface area contributed by atoms with Gasteiger partial charge in [-0.25, -0.2) is 0 Å². The molecule has 4 heteroatoms. The van der Waals surface area contributed by atoms with Gasteiger partial charge in [-0.1, -0.05) is 26.0 Å². The third kappa shape index (κ3) is 4.85. The van der Waals surface area contributed by atoms with Crippen molar-refractivity contribution in [3.05, 3.63) is 29.8 Å². The molecule has 0 spiro atoms. The van der Waals surface area contributed by atoms with Crippen LogP contribution in [0.15, 0.2) is 24.3 Å². The Hall–Kier alpha value is -1.55. The van der Waals surface area contributed by atoms with Crippen LogP contribution >= 0.6 is 0 Å². The van der Waals surface area contributed by atoms with Crippen molar-refractivity contribution in [1.29, 1.82) is 0 Å². The summed E-state index contributed by atoms with van der Waals surface area (Å²) < 4.78 is 5.11. The Bertz CT molecular complexity index is 427. The molecule has 0 aliphatic rings. The number of nitrogens with two attached hydrogens (primary N) is 1. The summed E-state index contributed by atoms with van der Waals surface area (Å²) in [5, 5.41) is 0. The van der Waals surface area contributed by atoms with Crippen LogP contribution in [0.25, 0.3) is 0 Å². The Morgan fingerprint density at radius 1 is 1.30 bits per heavy atom. The monoisotopic (exact) mass is 278 g/mol. The lowest BCUT2D eigenvalue weighted by Crippen LogP contribution is -2.42. The molecule has 0 fully saturated rings. The van der Waals surface area contributed by atoms with Gasteiger partial charge in [-0.05, 0) is 36.6 Å². The molecule has 0 aliphatic carbocycles. The van der Waals surface area contributed by atoms with E-state index in [1.54, 1.807) is 7.11 Å². The summed E-state index contributed by atoms with van der Waals surface area (Å²) >= 11 is 0. The zero-order chi connectivity index (χ0) is 15.2. The lowest BCUT2D eigenvalue weighted by Gasteiger charge is -2.31. The van der Waals surface area contributed by atoms with Crippen LogP contribution in [0, 0.1) is 5.41 Å². The minimum atomic E-state index is -0.0500. The van der Waals surface area contributed by atoms with Crippen molar-refractivity contribution in [2.75, 3.05) is 26.7 Å². The molecule has 112 valence electrons. The van der Waals surface area contributed by atoms with Crippen molar-refractivity contribution in [2.45, 2.75) is 27.2 Å². The molecule has 1 amide bonds. The fraction of sp³-hybridized carbons (Fsp3) is 0.562. The van der Waals surface area contributed by atoms with Crippen LogP contribution in [-0.4, -0.2) is 37.6 Å². The Balaban J connectivity index is 2.67. The third-order valence-electron chi connectivity index (χ3n) is 3.42. The highest BCUT2D eigenvalue weighted by molar-refractivity contribution is 5.78. The predicted octanol–water partition coefficient (Wildman–Crippen LogP) is 2.07. The van der Waals surface area contributed by atoms with Crippen molar-refractivity contribution in [1.82, 2.24) is 4.90 Å². The van der Waals surface area contributed by atoms with Crippen LogP contribution in [0.1, 0.15) is 26.3 Å². The molecule has 0 unspecified atom stereocenters. The first-order valence-corrected chi connectivity index (χ1v) is 7.02. The maximum atomic E-state index is 12.3. The number of methoxy groups -OCH3 is 1. The van der Waals surface area contributed by atoms with Gasteiger partial charge >= 0.3 is 0 Å². The van der Waals surface area contributed by atoms with Gasteiger partial charge < -0.3 is 15.4 Å². The molecule has 1 rings (SSSR count). The van der Waals surface area contributed by atoms with Crippen molar-refractivity contribution < 1.29 is 9.53 Å². The first-order valence-electron chi connectivity index (χ1n) is 7.02. The average molecular weight is 278 g/mol. The van der Waals surface area contributed by atoms with Gasteiger partial charge in [-0.3, -0.25) is 4.79 Å². The van der Waals surface area contributed by atoms with Gasteiger partial charge in [0.15, 0.2) is 0 Å². The van der Waals surface area contributed by atoms with E-state index < -0.39 is 0 Å². The number of ether oxygens (including phenoxy) is 1. The van der Waals surface area contributed by atoms with Crippen molar-refractivity contribution >= 4 is 5.91 Å². The van der Waals surface area contributed by atoms with Crippen LogP contribution in [0.3, 0.4) is 0 Å². The fourth-order valence-corrected chi connectivity index (χ4v) is 1.99. The smallest absolute Gasteiger partial charge is 0.226 e. The van der Waals surface area contributed by atoms with Crippen molar-refractivity contribution in [3.63, 3.8) is 0 Å². The van der Waals surface area contributed by atoms with E-state index in [2.05, 4.69) is 13.8 Å². The first-order chi connectivity index (χ1) is 9.41. The number of likely N-dealkylation sites (N-methyl/N-ethyl adjacent to an activating group) is 1. The van der Waals surface area contributed by atoms with Crippen LogP contribution in [0.5, 0.6) is 5.75 Å². The number of carbonyl (C=O) groups excluding carboxylic acids is 1. The number of amides is 1. The highest BCUT2D eigenvalue weighted by Gasteiger charge is 2.22. The summed E-state index contributed by atoms with van der Waals surface area (Å²) in [6.45, 7) is 8.12. The SMILES string of the molecule is CCN(CC(C)(C)CN)C(=O)Cc1ccc(OC)cc1. The van der Waals surface area contributed by atoms with Gasteiger partial charge in [-0.15, -0.1) is 0 Å². The molecule has 0 heterocycles. The van der Waals surface area contributed by atoms with E-state index in [0.717, 1.165) is 11.3 Å². The second-order valence-corrected chi connectivity index (χ2v) is 5.80. The van der Waals surface area contributed by atoms with E-state index in [1.807, 2.05) is 36.1 Å². The number of hydrogen-bond acceptors (Lipinski definition) is 3.